The molecule has 2 aromatic heterocycles. The summed E-state index contributed by atoms with van der Waals surface area (Å²) < 4.78 is 2.01. The largest absolute Gasteiger partial charge is 0.379 e. The van der Waals surface area contributed by atoms with Crippen LogP contribution < -0.4 is 5.32 Å². The van der Waals surface area contributed by atoms with E-state index in [1.807, 2.05) is 59.3 Å². The van der Waals surface area contributed by atoms with Crippen molar-refractivity contribution in [3.05, 3.63) is 66.1 Å². The molecular weight excluding hydrogens is 248 g/mol. The Morgan fingerprint density at radius 1 is 1.15 bits per heavy atom. The van der Waals surface area contributed by atoms with Crippen LogP contribution in [0.2, 0.25) is 0 Å². The minimum Gasteiger partial charge on any atom is -0.379 e. The Morgan fingerprint density at radius 3 is 2.75 bits per heavy atom. The number of fused-ring (bicyclic) bond motifs is 1. The molecule has 0 amide bonds. The lowest BCUT2D eigenvalue weighted by Gasteiger charge is -2.04. The van der Waals surface area contributed by atoms with Gasteiger partial charge in [-0.1, -0.05) is 18.2 Å². The molecule has 2 heterocycles. The summed E-state index contributed by atoms with van der Waals surface area (Å²) in [6.45, 7) is 0.680. The summed E-state index contributed by atoms with van der Waals surface area (Å²) in [7, 11) is 0. The first-order chi connectivity index (χ1) is 9.85. The first-order valence-corrected chi connectivity index (χ1v) is 6.47. The zero-order chi connectivity index (χ0) is 13.8. The molecule has 1 N–H and O–H groups in total. The molecule has 0 radical (unpaired) electrons. The molecule has 98 valence electrons. The number of benzene rings is 1. The maximum atomic E-state index is 8.63. The fourth-order valence-electron chi connectivity index (χ4n) is 2.10. The third kappa shape index (κ3) is 2.62. The number of hydrogen-bond donors (Lipinski definition) is 1. The number of nitrogens with zero attached hydrogens (tertiary/aromatic N) is 3. The molecule has 4 nitrogen and oxygen atoms in total. The summed E-state index contributed by atoms with van der Waals surface area (Å²) in [4.78, 5) is 4.53. The molecule has 0 aliphatic carbocycles. The Morgan fingerprint density at radius 2 is 2.00 bits per heavy atom. The average Bonchev–Trinajstić information content (AvgIpc) is 2.90. The molecule has 0 saturated carbocycles. The minimum absolute atomic E-state index is 0.451. The number of aromatic nitrogens is 2. The molecule has 1 aromatic carbocycles. The molecule has 20 heavy (non-hydrogen) atoms. The van der Waals surface area contributed by atoms with Gasteiger partial charge in [-0.3, -0.25) is 0 Å². The van der Waals surface area contributed by atoms with Crippen LogP contribution in [0.15, 0.2) is 54.9 Å². The Labute approximate surface area is 117 Å². The van der Waals surface area contributed by atoms with Gasteiger partial charge in [-0.2, -0.15) is 5.26 Å². The van der Waals surface area contributed by atoms with Crippen molar-refractivity contribution < 1.29 is 0 Å². The van der Waals surface area contributed by atoms with E-state index in [-0.39, 0.29) is 0 Å². The predicted molar refractivity (Wildman–Crippen MR) is 78.3 cm³/mol. The molecule has 0 aliphatic rings. The Bertz CT molecular complexity index is 717. The number of pyridine rings is 1. The molecule has 3 aromatic rings. The van der Waals surface area contributed by atoms with E-state index in [1.165, 1.54) is 0 Å². The molecule has 0 spiro atoms. The zero-order valence-electron chi connectivity index (χ0n) is 11.0. The van der Waals surface area contributed by atoms with Crippen LogP contribution in [-0.2, 0) is 13.0 Å². The van der Waals surface area contributed by atoms with Gasteiger partial charge in [0, 0.05) is 18.1 Å². The SMILES string of the molecule is N#CCc1ccc(NCc2cn3ccccc3n2)cc1. The van der Waals surface area contributed by atoms with Crippen LogP contribution in [0.5, 0.6) is 0 Å². The first kappa shape index (κ1) is 12.2. The summed E-state index contributed by atoms with van der Waals surface area (Å²) in [6, 6.07) is 16.0. The smallest absolute Gasteiger partial charge is 0.137 e. The van der Waals surface area contributed by atoms with Gasteiger partial charge >= 0.3 is 0 Å². The maximum absolute atomic E-state index is 8.63. The number of hydrogen-bond acceptors (Lipinski definition) is 3. The van der Waals surface area contributed by atoms with Crippen LogP contribution in [0.25, 0.3) is 5.65 Å². The number of rotatable bonds is 4. The average molecular weight is 262 g/mol. The standard InChI is InChI=1S/C16H14N4/c17-9-8-13-4-6-14(7-5-13)18-11-15-12-20-10-2-1-3-16(20)19-15/h1-7,10,12,18H,8,11H2. The molecule has 0 atom stereocenters. The first-order valence-electron chi connectivity index (χ1n) is 6.47. The fraction of sp³-hybridized carbons (Fsp3) is 0.125. The van der Waals surface area contributed by atoms with Gasteiger partial charge in [-0.25, -0.2) is 4.98 Å². The van der Waals surface area contributed by atoms with E-state index in [0.29, 0.717) is 13.0 Å². The predicted octanol–water partition coefficient (Wildman–Crippen LogP) is 3.01. The molecule has 0 bridgehead atoms. The van der Waals surface area contributed by atoms with Crippen molar-refractivity contribution in [2.75, 3.05) is 5.32 Å². The van der Waals surface area contributed by atoms with Gasteiger partial charge in [0.25, 0.3) is 0 Å². The summed E-state index contributed by atoms with van der Waals surface area (Å²) in [5.41, 5.74) is 4.01. The van der Waals surface area contributed by atoms with Crippen molar-refractivity contribution in [2.45, 2.75) is 13.0 Å². The van der Waals surface area contributed by atoms with Crippen LogP contribution in [0.4, 0.5) is 5.69 Å². The van der Waals surface area contributed by atoms with Gasteiger partial charge in [-0.05, 0) is 29.8 Å². The second-order valence-electron chi connectivity index (χ2n) is 4.58. The van der Waals surface area contributed by atoms with Crippen LogP contribution >= 0.6 is 0 Å². The Kier molecular flexibility index (Phi) is 3.34. The Hall–Kier alpha value is -2.80. The van der Waals surface area contributed by atoms with Gasteiger partial charge in [0.15, 0.2) is 0 Å². The molecule has 0 aliphatic heterocycles. The van der Waals surface area contributed by atoms with Gasteiger partial charge in [0.1, 0.15) is 5.65 Å². The van der Waals surface area contributed by atoms with E-state index in [1.54, 1.807) is 0 Å². The van der Waals surface area contributed by atoms with Crippen molar-refractivity contribution in [1.82, 2.24) is 9.38 Å². The van der Waals surface area contributed by atoms with Crippen molar-refractivity contribution in [1.29, 1.82) is 5.26 Å². The van der Waals surface area contributed by atoms with Crippen molar-refractivity contribution >= 4 is 11.3 Å². The number of nitriles is 1. The van der Waals surface area contributed by atoms with E-state index in [4.69, 9.17) is 5.26 Å². The van der Waals surface area contributed by atoms with Crippen molar-refractivity contribution in [3.8, 4) is 6.07 Å². The summed E-state index contributed by atoms with van der Waals surface area (Å²) in [5, 5.41) is 12.0. The van der Waals surface area contributed by atoms with Crippen molar-refractivity contribution in [3.63, 3.8) is 0 Å². The Balaban J connectivity index is 1.68. The third-order valence-corrected chi connectivity index (χ3v) is 3.12. The molecule has 4 heteroatoms. The third-order valence-electron chi connectivity index (χ3n) is 3.12. The van der Waals surface area contributed by atoms with Crippen molar-refractivity contribution in [2.24, 2.45) is 0 Å². The lowest BCUT2D eigenvalue weighted by Crippen LogP contribution is -1.99. The highest BCUT2D eigenvalue weighted by Crippen LogP contribution is 2.12. The quantitative estimate of drug-likeness (QED) is 0.786. The lowest BCUT2D eigenvalue weighted by atomic mass is 10.1. The van der Waals surface area contributed by atoms with E-state index in [9.17, 15) is 0 Å². The van der Waals surface area contributed by atoms with Gasteiger partial charge in [-0.15, -0.1) is 0 Å². The minimum atomic E-state index is 0.451. The second-order valence-corrected chi connectivity index (χ2v) is 4.58. The van der Waals surface area contributed by atoms with E-state index < -0.39 is 0 Å². The highest BCUT2D eigenvalue weighted by molar-refractivity contribution is 5.46. The fourth-order valence-corrected chi connectivity index (χ4v) is 2.10. The summed E-state index contributed by atoms with van der Waals surface area (Å²) in [6.07, 6.45) is 4.46. The van der Waals surface area contributed by atoms with Gasteiger partial charge < -0.3 is 9.72 Å². The van der Waals surface area contributed by atoms with Crippen LogP contribution in [0.3, 0.4) is 0 Å². The van der Waals surface area contributed by atoms with Gasteiger partial charge in [0.05, 0.1) is 24.7 Å². The topological polar surface area (TPSA) is 53.1 Å². The monoisotopic (exact) mass is 262 g/mol. The number of nitrogens with one attached hydrogen (secondary N) is 1. The molecule has 0 fully saturated rings. The molecule has 0 unspecified atom stereocenters. The van der Waals surface area contributed by atoms with Crippen LogP contribution in [0, 0.1) is 11.3 Å². The zero-order valence-corrected chi connectivity index (χ0v) is 11.0. The molecule has 3 rings (SSSR count). The van der Waals surface area contributed by atoms with Gasteiger partial charge in [0.2, 0.25) is 0 Å². The number of imidazole rings is 1. The van der Waals surface area contributed by atoms with Crippen LogP contribution in [-0.4, -0.2) is 9.38 Å². The summed E-state index contributed by atoms with van der Waals surface area (Å²) in [5.74, 6) is 0. The second kappa shape index (κ2) is 5.45. The van der Waals surface area contributed by atoms with E-state index in [0.717, 1.165) is 22.6 Å². The van der Waals surface area contributed by atoms with E-state index >= 15 is 0 Å². The molecular formula is C16H14N4. The molecule has 0 saturated heterocycles. The van der Waals surface area contributed by atoms with Crippen LogP contribution in [0.1, 0.15) is 11.3 Å². The lowest BCUT2D eigenvalue weighted by molar-refractivity contribution is 1.08. The highest BCUT2D eigenvalue weighted by atomic mass is 15.0. The maximum Gasteiger partial charge on any atom is 0.137 e. The van der Waals surface area contributed by atoms with E-state index in [2.05, 4.69) is 16.4 Å². The summed E-state index contributed by atoms with van der Waals surface area (Å²) >= 11 is 0. The highest BCUT2D eigenvalue weighted by Gasteiger charge is 2.00. The number of anilines is 1. The normalized spacial score (nSPS) is 10.3.